The Balaban J connectivity index is 1.41. The molecule has 0 bridgehead atoms. The predicted octanol–water partition coefficient (Wildman–Crippen LogP) is 1.54. The zero-order valence-electron chi connectivity index (χ0n) is 17.9. The van der Waals surface area contributed by atoms with Gasteiger partial charge in [0.05, 0.1) is 7.11 Å². The van der Waals surface area contributed by atoms with Crippen LogP contribution >= 0.6 is 0 Å². The minimum Gasteiger partial charge on any atom is -0.497 e. The van der Waals surface area contributed by atoms with Crippen LogP contribution in [0.5, 0.6) is 5.75 Å². The molecule has 2 aliphatic rings. The van der Waals surface area contributed by atoms with Crippen molar-refractivity contribution in [2.75, 3.05) is 33.3 Å². The first-order chi connectivity index (χ1) is 14.5. The third kappa shape index (κ3) is 5.50. The van der Waals surface area contributed by atoms with Gasteiger partial charge in [-0.2, -0.15) is 0 Å². The highest BCUT2D eigenvalue weighted by Crippen LogP contribution is 2.17. The molecule has 8 nitrogen and oxygen atoms in total. The van der Waals surface area contributed by atoms with Crippen LogP contribution in [0.2, 0.25) is 0 Å². The van der Waals surface area contributed by atoms with Crippen molar-refractivity contribution in [1.82, 2.24) is 20.4 Å². The summed E-state index contributed by atoms with van der Waals surface area (Å²) in [5.41, 5.74) is 1.02. The van der Waals surface area contributed by atoms with Crippen LogP contribution in [0.1, 0.15) is 38.2 Å². The molecule has 164 valence electrons. The maximum Gasteiger partial charge on any atom is 0.324 e. The first kappa shape index (κ1) is 22.1. The number of carbonyl (C=O) groups excluding carboxylic acids is 3. The molecule has 0 saturated carbocycles. The molecule has 2 unspecified atom stereocenters. The van der Waals surface area contributed by atoms with Crippen molar-refractivity contribution in [3.05, 3.63) is 29.8 Å². The zero-order valence-corrected chi connectivity index (χ0v) is 17.9. The van der Waals surface area contributed by atoms with Gasteiger partial charge in [0.2, 0.25) is 5.91 Å². The highest BCUT2D eigenvalue weighted by atomic mass is 16.5. The van der Waals surface area contributed by atoms with Crippen LogP contribution in [0, 0.1) is 0 Å². The van der Waals surface area contributed by atoms with Crippen LogP contribution in [-0.2, 0) is 16.0 Å². The highest BCUT2D eigenvalue weighted by Gasteiger charge is 2.37. The number of hydrogen-bond acceptors (Lipinski definition) is 5. The smallest absolute Gasteiger partial charge is 0.324 e. The number of ether oxygens (including phenoxy) is 1. The zero-order chi connectivity index (χ0) is 21.5. The van der Waals surface area contributed by atoms with E-state index in [9.17, 15) is 14.4 Å². The van der Waals surface area contributed by atoms with E-state index >= 15 is 0 Å². The Morgan fingerprint density at radius 1 is 1.27 bits per heavy atom. The van der Waals surface area contributed by atoms with Gasteiger partial charge < -0.3 is 15.4 Å². The number of nitrogens with zero attached hydrogens (tertiary/aromatic N) is 2. The predicted molar refractivity (Wildman–Crippen MR) is 113 cm³/mol. The standard InChI is InChI=1S/C22H32N4O4/c1-3-25-13-4-5-17(25)15-23-20(27)11-10-19-21(28)26(22(29)24-19)14-12-16-6-8-18(30-2)9-7-16/h6-9,17,19H,3-5,10-15H2,1-2H3,(H,23,27)(H,24,29). The van der Waals surface area contributed by atoms with Crippen LogP contribution in [-0.4, -0.2) is 73.0 Å². The van der Waals surface area contributed by atoms with Crippen LogP contribution in [0.3, 0.4) is 0 Å². The number of methoxy groups -OCH3 is 1. The number of nitrogens with one attached hydrogen (secondary N) is 2. The highest BCUT2D eigenvalue weighted by molar-refractivity contribution is 6.04. The van der Waals surface area contributed by atoms with E-state index < -0.39 is 6.04 Å². The summed E-state index contributed by atoms with van der Waals surface area (Å²) >= 11 is 0. The van der Waals surface area contributed by atoms with Crippen molar-refractivity contribution in [2.24, 2.45) is 0 Å². The van der Waals surface area contributed by atoms with Crippen molar-refractivity contribution >= 4 is 17.8 Å². The largest absolute Gasteiger partial charge is 0.497 e. The molecular weight excluding hydrogens is 384 g/mol. The number of carbonyl (C=O) groups is 3. The average Bonchev–Trinajstić information content (AvgIpc) is 3.33. The molecule has 0 aliphatic carbocycles. The number of urea groups is 1. The number of amides is 4. The van der Waals surface area contributed by atoms with E-state index in [0.29, 0.717) is 32.0 Å². The first-order valence-corrected chi connectivity index (χ1v) is 10.8. The second kappa shape index (κ2) is 10.4. The maximum absolute atomic E-state index is 12.6. The topological polar surface area (TPSA) is 91.0 Å². The number of imide groups is 1. The number of likely N-dealkylation sites (N-methyl/N-ethyl adjacent to an activating group) is 1. The molecule has 0 radical (unpaired) electrons. The summed E-state index contributed by atoms with van der Waals surface area (Å²) in [6.45, 7) is 5.18. The third-order valence-corrected chi connectivity index (χ3v) is 5.99. The molecule has 3 rings (SSSR count). The Labute approximate surface area is 177 Å². The van der Waals surface area contributed by atoms with Gasteiger partial charge in [-0.25, -0.2) is 4.79 Å². The summed E-state index contributed by atoms with van der Waals surface area (Å²) in [7, 11) is 1.61. The van der Waals surface area contributed by atoms with Gasteiger partial charge >= 0.3 is 6.03 Å². The van der Waals surface area contributed by atoms with E-state index in [4.69, 9.17) is 4.74 Å². The monoisotopic (exact) mass is 416 g/mol. The fraction of sp³-hybridized carbons (Fsp3) is 0.591. The molecule has 2 fully saturated rings. The van der Waals surface area contributed by atoms with Gasteiger partial charge in [-0.15, -0.1) is 0 Å². The fourth-order valence-corrected chi connectivity index (χ4v) is 4.16. The second-order valence-corrected chi connectivity index (χ2v) is 7.86. The summed E-state index contributed by atoms with van der Waals surface area (Å²) in [5, 5.41) is 5.68. The number of benzene rings is 1. The quantitative estimate of drug-likeness (QED) is 0.565. The van der Waals surface area contributed by atoms with Gasteiger partial charge in [0, 0.05) is 25.6 Å². The summed E-state index contributed by atoms with van der Waals surface area (Å²) in [6, 6.07) is 6.94. The summed E-state index contributed by atoms with van der Waals surface area (Å²) in [4.78, 5) is 40.6. The molecule has 1 aromatic carbocycles. The van der Waals surface area contributed by atoms with Crippen molar-refractivity contribution in [1.29, 1.82) is 0 Å². The molecule has 2 atom stereocenters. The molecular formula is C22H32N4O4. The van der Waals surface area contributed by atoms with Crippen molar-refractivity contribution in [2.45, 2.75) is 51.1 Å². The lowest BCUT2D eigenvalue weighted by atomic mass is 10.1. The lowest BCUT2D eigenvalue weighted by Gasteiger charge is -2.22. The van der Waals surface area contributed by atoms with E-state index in [0.717, 1.165) is 30.8 Å². The molecule has 2 heterocycles. The number of likely N-dealkylation sites (tertiary alicyclic amines) is 1. The Bertz CT molecular complexity index is 752. The lowest BCUT2D eigenvalue weighted by Crippen LogP contribution is -2.40. The van der Waals surface area contributed by atoms with Gasteiger partial charge in [0.1, 0.15) is 11.8 Å². The third-order valence-electron chi connectivity index (χ3n) is 5.99. The molecule has 4 amide bonds. The van der Waals surface area contributed by atoms with Crippen LogP contribution in [0.4, 0.5) is 4.79 Å². The molecule has 1 aromatic rings. The molecule has 2 aliphatic heterocycles. The van der Waals surface area contributed by atoms with Crippen molar-refractivity contribution in [3.63, 3.8) is 0 Å². The summed E-state index contributed by atoms with van der Waals surface area (Å²) < 4.78 is 5.13. The maximum atomic E-state index is 12.6. The summed E-state index contributed by atoms with van der Waals surface area (Å²) in [6.07, 6.45) is 3.39. The Kier molecular flexibility index (Phi) is 7.68. The number of hydrogen-bond donors (Lipinski definition) is 2. The Hall–Kier alpha value is -2.61. The lowest BCUT2D eigenvalue weighted by molar-refractivity contribution is -0.127. The van der Waals surface area contributed by atoms with Gasteiger partial charge in [-0.05, 0) is 56.5 Å². The van der Waals surface area contributed by atoms with E-state index in [2.05, 4.69) is 22.5 Å². The average molecular weight is 417 g/mol. The molecule has 0 aromatic heterocycles. The minimum atomic E-state index is -0.627. The summed E-state index contributed by atoms with van der Waals surface area (Å²) in [5.74, 6) is 0.438. The normalized spacial score (nSPS) is 21.7. The van der Waals surface area contributed by atoms with E-state index in [-0.39, 0.29) is 24.3 Å². The van der Waals surface area contributed by atoms with Crippen molar-refractivity contribution in [3.8, 4) is 5.75 Å². The van der Waals surface area contributed by atoms with E-state index in [1.807, 2.05) is 24.3 Å². The molecule has 2 N–H and O–H groups in total. The number of rotatable bonds is 10. The van der Waals surface area contributed by atoms with E-state index in [1.54, 1.807) is 7.11 Å². The van der Waals surface area contributed by atoms with Crippen LogP contribution in [0.15, 0.2) is 24.3 Å². The van der Waals surface area contributed by atoms with Gasteiger partial charge in [-0.3, -0.25) is 19.4 Å². The molecule has 30 heavy (non-hydrogen) atoms. The molecule has 8 heteroatoms. The first-order valence-electron chi connectivity index (χ1n) is 10.8. The SMILES string of the molecule is CCN1CCCC1CNC(=O)CCC1NC(=O)N(CCc2ccc(OC)cc2)C1=O. The van der Waals surface area contributed by atoms with Gasteiger partial charge in [0.25, 0.3) is 5.91 Å². The Morgan fingerprint density at radius 2 is 2.03 bits per heavy atom. The van der Waals surface area contributed by atoms with Crippen molar-refractivity contribution < 1.29 is 19.1 Å². The van der Waals surface area contributed by atoms with Crippen LogP contribution in [0.25, 0.3) is 0 Å². The van der Waals surface area contributed by atoms with Gasteiger partial charge in [-0.1, -0.05) is 19.1 Å². The fourth-order valence-electron chi connectivity index (χ4n) is 4.16. The van der Waals surface area contributed by atoms with Gasteiger partial charge in [0.15, 0.2) is 0 Å². The molecule has 0 spiro atoms. The minimum absolute atomic E-state index is 0.0725. The molecule has 2 saturated heterocycles. The second-order valence-electron chi connectivity index (χ2n) is 7.86. The van der Waals surface area contributed by atoms with E-state index in [1.165, 1.54) is 11.3 Å². The van der Waals surface area contributed by atoms with Crippen LogP contribution < -0.4 is 15.4 Å². The Morgan fingerprint density at radius 3 is 2.73 bits per heavy atom.